The largest absolute Gasteiger partial charge is 0.497 e. The molecule has 2 heterocycles. The first-order valence-corrected chi connectivity index (χ1v) is 9.09. The zero-order chi connectivity index (χ0) is 19.1. The van der Waals surface area contributed by atoms with Crippen molar-refractivity contribution < 1.29 is 28.8 Å². The monoisotopic (exact) mass is 364 g/mol. The van der Waals surface area contributed by atoms with Crippen molar-refractivity contribution in [2.24, 2.45) is 11.8 Å². The van der Waals surface area contributed by atoms with Crippen LogP contribution in [0.25, 0.3) is 0 Å². The molecule has 0 bridgehead atoms. The molecule has 1 aromatic rings. The van der Waals surface area contributed by atoms with Crippen molar-refractivity contribution in [3.8, 4) is 5.75 Å². The van der Waals surface area contributed by atoms with Crippen molar-refractivity contribution in [1.82, 2.24) is 0 Å². The molecule has 2 aliphatic heterocycles. The smallest absolute Gasteiger partial charge is 0.311 e. The summed E-state index contributed by atoms with van der Waals surface area (Å²) in [5.74, 6) is -0.302. The lowest BCUT2D eigenvalue weighted by atomic mass is 9.73. The second-order valence-electron chi connectivity index (χ2n) is 7.58. The zero-order valence-electron chi connectivity index (χ0n) is 16.0. The summed E-state index contributed by atoms with van der Waals surface area (Å²) in [5, 5.41) is 10.6. The summed E-state index contributed by atoms with van der Waals surface area (Å²) in [5.41, 5.74) is 0.0967. The Balaban J connectivity index is 1.72. The maximum Gasteiger partial charge on any atom is 0.311 e. The summed E-state index contributed by atoms with van der Waals surface area (Å²) in [4.78, 5) is 12.1. The second-order valence-corrected chi connectivity index (χ2v) is 7.58. The second kappa shape index (κ2) is 7.18. The number of ether oxygens (including phenoxy) is 4. The molecule has 0 radical (unpaired) electrons. The third-order valence-electron chi connectivity index (χ3n) is 5.74. The van der Waals surface area contributed by atoms with Gasteiger partial charge in [-0.05, 0) is 38.5 Å². The lowest BCUT2D eigenvalue weighted by Gasteiger charge is -2.55. The number of methoxy groups -OCH3 is 1. The fraction of sp³-hybridized carbons (Fsp3) is 0.650. The predicted octanol–water partition coefficient (Wildman–Crippen LogP) is 2.32. The van der Waals surface area contributed by atoms with Gasteiger partial charge in [-0.2, -0.15) is 0 Å². The number of hydrogen-bond donors (Lipinski definition) is 1. The van der Waals surface area contributed by atoms with Crippen molar-refractivity contribution in [3.05, 3.63) is 29.8 Å². The van der Waals surface area contributed by atoms with E-state index in [4.69, 9.17) is 18.9 Å². The summed E-state index contributed by atoms with van der Waals surface area (Å²) in [6, 6.07) is 7.68. The van der Waals surface area contributed by atoms with E-state index >= 15 is 0 Å². The lowest BCUT2D eigenvalue weighted by Crippen LogP contribution is -2.69. The van der Waals surface area contributed by atoms with Crippen molar-refractivity contribution in [3.63, 3.8) is 0 Å². The first-order valence-electron chi connectivity index (χ1n) is 9.09. The summed E-state index contributed by atoms with van der Waals surface area (Å²) < 4.78 is 23.1. The van der Waals surface area contributed by atoms with Gasteiger partial charge in [-0.25, -0.2) is 0 Å². The number of carbonyl (C=O) groups excluding carboxylic acids is 1. The van der Waals surface area contributed by atoms with E-state index in [0.29, 0.717) is 6.61 Å². The van der Waals surface area contributed by atoms with E-state index in [2.05, 4.69) is 0 Å². The molecule has 2 saturated heterocycles. The molecule has 0 amide bonds. The van der Waals surface area contributed by atoms with Crippen molar-refractivity contribution in [1.29, 1.82) is 0 Å². The topological polar surface area (TPSA) is 74.2 Å². The average Bonchev–Trinajstić information content (AvgIpc) is 2.62. The Labute approximate surface area is 154 Å². The van der Waals surface area contributed by atoms with E-state index in [1.807, 2.05) is 45.0 Å². The standard InChI is InChI=1S/C20H28O6/c1-11-16(24-10-14-6-8-15(23-5)9-7-14)13(3)26-20(4)17(21)12(2)19(22)25-18(11)20/h6-9,11-13,16-18,21H,10H2,1-5H3/t11-,12+,13+,16-,17+,18+,20-/m1/s1. The molecule has 6 nitrogen and oxygen atoms in total. The molecule has 1 N–H and O–H groups in total. The summed E-state index contributed by atoms with van der Waals surface area (Å²) in [6.07, 6.45) is -1.92. The Morgan fingerprint density at radius 1 is 1.19 bits per heavy atom. The number of fused-ring (bicyclic) bond motifs is 1. The number of esters is 1. The van der Waals surface area contributed by atoms with Crippen LogP contribution in [-0.4, -0.2) is 48.2 Å². The van der Waals surface area contributed by atoms with Crippen LogP contribution in [0.3, 0.4) is 0 Å². The molecular formula is C20H28O6. The molecule has 7 atom stereocenters. The van der Waals surface area contributed by atoms with Gasteiger partial charge in [-0.1, -0.05) is 19.1 Å². The normalized spacial score (nSPS) is 39.8. The molecule has 0 saturated carbocycles. The van der Waals surface area contributed by atoms with Crippen LogP contribution in [0.2, 0.25) is 0 Å². The minimum atomic E-state index is -0.924. The van der Waals surface area contributed by atoms with Gasteiger partial charge < -0.3 is 24.1 Å². The molecule has 26 heavy (non-hydrogen) atoms. The quantitative estimate of drug-likeness (QED) is 0.827. The highest BCUT2D eigenvalue weighted by molar-refractivity contribution is 5.74. The highest BCUT2D eigenvalue weighted by Crippen LogP contribution is 2.44. The minimum absolute atomic E-state index is 0.104. The maximum atomic E-state index is 12.1. The Hall–Kier alpha value is -1.63. The number of aliphatic hydroxyl groups excluding tert-OH is 1. The number of carbonyl (C=O) groups is 1. The van der Waals surface area contributed by atoms with Crippen molar-refractivity contribution in [2.45, 2.75) is 64.3 Å². The van der Waals surface area contributed by atoms with E-state index in [9.17, 15) is 9.90 Å². The fourth-order valence-corrected chi connectivity index (χ4v) is 4.18. The Bertz CT molecular complexity index is 644. The summed E-state index contributed by atoms with van der Waals surface area (Å²) in [7, 11) is 1.63. The molecule has 1 aromatic carbocycles. The molecule has 144 valence electrons. The van der Waals surface area contributed by atoms with Crippen LogP contribution in [0.15, 0.2) is 24.3 Å². The van der Waals surface area contributed by atoms with Crippen LogP contribution in [0, 0.1) is 11.8 Å². The molecular weight excluding hydrogens is 336 g/mol. The Kier molecular flexibility index (Phi) is 5.28. The third-order valence-corrected chi connectivity index (χ3v) is 5.74. The van der Waals surface area contributed by atoms with Gasteiger partial charge in [-0.3, -0.25) is 4.79 Å². The highest BCUT2D eigenvalue weighted by atomic mass is 16.6. The van der Waals surface area contributed by atoms with E-state index < -0.39 is 23.7 Å². The SMILES string of the molecule is COc1ccc(CO[C@@H]2[C@@H](C)[C@@H]3OC(=O)[C@@H](C)[C@H](O)[C@@]3(C)O[C@H]2C)cc1. The maximum absolute atomic E-state index is 12.1. The number of benzene rings is 1. The van der Waals surface area contributed by atoms with Gasteiger partial charge in [-0.15, -0.1) is 0 Å². The van der Waals surface area contributed by atoms with Gasteiger partial charge in [0.1, 0.15) is 17.5 Å². The lowest BCUT2D eigenvalue weighted by molar-refractivity contribution is -0.303. The van der Waals surface area contributed by atoms with Gasteiger partial charge in [0, 0.05) is 5.92 Å². The Morgan fingerprint density at radius 3 is 2.46 bits per heavy atom. The van der Waals surface area contributed by atoms with Crippen LogP contribution in [0.1, 0.15) is 33.3 Å². The van der Waals surface area contributed by atoms with Crippen LogP contribution in [-0.2, 0) is 25.6 Å². The van der Waals surface area contributed by atoms with E-state index in [1.54, 1.807) is 14.0 Å². The summed E-state index contributed by atoms with van der Waals surface area (Å²) >= 11 is 0. The molecule has 0 aromatic heterocycles. The first kappa shape index (κ1) is 19.1. The molecule has 6 heteroatoms. The van der Waals surface area contributed by atoms with E-state index in [1.165, 1.54) is 0 Å². The number of hydrogen-bond acceptors (Lipinski definition) is 6. The van der Waals surface area contributed by atoms with E-state index in [-0.39, 0.29) is 24.1 Å². The average molecular weight is 364 g/mol. The summed E-state index contributed by atoms with van der Waals surface area (Å²) in [6.45, 7) is 7.82. The van der Waals surface area contributed by atoms with Gasteiger partial charge in [0.25, 0.3) is 0 Å². The van der Waals surface area contributed by atoms with Gasteiger partial charge >= 0.3 is 5.97 Å². The van der Waals surface area contributed by atoms with Gasteiger partial charge in [0.05, 0.1) is 37.9 Å². The zero-order valence-corrected chi connectivity index (χ0v) is 16.0. The van der Waals surface area contributed by atoms with Gasteiger partial charge in [0.2, 0.25) is 0 Å². The molecule has 3 rings (SSSR count). The number of rotatable bonds is 4. The van der Waals surface area contributed by atoms with Crippen LogP contribution in [0.5, 0.6) is 5.75 Å². The minimum Gasteiger partial charge on any atom is -0.497 e. The Morgan fingerprint density at radius 2 is 1.85 bits per heavy atom. The van der Waals surface area contributed by atoms with Crippen LogP contribution in [0.4, 0.5) is 0 Å². The highest BCUT2D eigenvalue weighted by Gasteiger charge is 2.60. The fourth-order valence-electron chi connectivity index (χ4n) is 4.18. The molecule has 2 fully saturated rings. The van der Waals surface area contributed by atoms with Crippen LogP contribution >= 0.6 is 0 Å². The van der Waals surface area contributed by atoms with E-state index in [0.717, 1.165) is 11.3 Å². The van der Waals surface area contributed by atoms with Crippen molar-refractivity contribution in [2.75, 3.05) is 7.11 Å². The third kappa shape index (κ3) is 3.21. The molecule has 0 aliphatic carbocycles. The van der Waals surface area contributed by atoms with Crippen molar-refractivity contribution >= 4 is 5.97 Å². The van der Waals surface area contributed by atoms with Gasteiger partial charge in [0.15, 0.2) is 0 Å². The first-order chi connectivity index (χ1) is 12.3. The molecule has 0 spiro atoms. The van der Waals surface area contributed by atoms with Crippen LogP contribution < -0.4 is 4.74 Å². The molecule has 0 unspecified atom stereocenters. The predicted molar refractivity (Wildman–Crippen MR) is 94.7 cm³/mol. The molecule has 2 aliphatic rings. The number of aliphatic hydroxyl groups is 1.